The molecule has 2 heterocycles. The van der Waals surface area contributed by atoms with Gasteiger partial charge < -0.3 is 23.5 Å². The van der Waals surface area contributed by atoms with E-state index in [1.807, 2.05) is 42.5 Å². The highest BCUT2D eigenvalue weighted by molar-refractivity contribution is 5.96. The largest absolute Gasteiger partial charge is 0.484 e. The first-order chi connectivity index (χ1) is 18.5. The highest BCUT2D eigenvalue weighted by atomic mass is 16.6. The number of nitrogens with one attached hydrogen (secondary N) is 2. The van der Waals surface area contributed by atoms with E-state index in [-0.39, 0.29) is 18.9 Å². The molecule has 10 nitrogen and oxygen atoms in total. The summed E-state index contributed by atoms with van der Waals surface area (Å²) in [7, 11) is 1.60. The molecule has 1 aliphatic carbocycles. The minimum absolute atomic E-state index is 0.175. The minimum atomic E-state index is -0.499. The lowest BCUT2D eigenvalue weighted by atomic mass is 9.92. The summed E-state index contributed by atoms with van der Waals surface area (Å²) in [5.41, 5.74) is 6.83. The van der Waals surface area contributed by atoms with E-state index in [1.165, 1.54) is 0 Å². The van der Waals surface area contributed by atoms with Gasteiger partial charge >= 0.3 is 6.09 Å². The normalized spacial score (nSPS) is 16.8. The smallest absolute Gasteiger partial charge is 0.411 e. The lowest BCUT2D eigenvalue weighted by Crippen LogP contribution is -2.27. The van der Waals surface area contributed by atoms with Crippen LogP contribution in [0.15, 0.2) is 47.6 Å². The number of hydrogen-bond acceptors (Lipinski definition) is 8. The lowest BCUT2D eigenvalue weighted by Gasteiger charge is -2.30. The number of carbonyl (C=O) groups excluding carboxylic acids is 1. The molecule has 5 rings (SSSR count). The fraction of sp³-hybridized carbons (Fsp3) is 0.393. The first-order valence-electron chi connectivity index (χ1n) is 12.7. The molecule has 1 fully saturated rings. The van der Waals surface area contributed by atoms with E-state index < -0.39 is 6.09 Å². The average Bonchev–Trinajstić information content (AvgIpc) is 3.44. The fourth-order valence-electron chi connectivity index (χ4n) is 4.67. The van der Waals surface area contributed by atoms with Gasteiger partial charge in [-0.1, -0.05) is 12.1 Å². The number of anilines is 1. The number of hydrogen-bond donors (Lipinski definition) is 2. The van der Waals surface area contributed by atoms with Crippen LogP contribution in [0.4, 0.5) is 10.5 Å². The number of hydrazone groups is 1. The van der Waals surface area contributed by atoms with E-state index in [4.69, 9.17) is 18.9 Å². The van der Waals surface area contributed by atoms with Gasteiger partial charge in [-0.05, 0) is 62.9 Å². The molecule has 2 N–H and O–H groups in total. The van der Waals surface area contributed by atoms with Crippen molar-refractivity contribution in [3.63, 3.8) is 0 Å². The van der Waals surface area contributed by atoms with Crippen molar-refractivity contribution in [2.45, 2.75) is 51.5 Å². The van der Waals surface area contributed by atoms with Crippen molar-refractivity contribution in [2.75, 3.05) is 25.6 Å². The lowest BCUT2D eigenvalue weighted by molar-refractivity contribution is 0.0665. The third-order valence-corrected chi connectivity index (χ3v) is 6.57. The maximum atomic E-state index is 12.0. The number of nitriles is 1. The number of amides is 1. The predicted molar refractivity (Wildman–Crippen MR) is 143 cm³/mol. The number of rotatable bonds is 9. The molecular formula is C28H31N5O5. The Hall–Kier alpha value is -4.23. The van der Waals surface area contributed by atoms with Crippen molar-refractivity contribution in [3.05, 3.63) is 48.0 Å². The van der Waals surface area contributed by atoms with Crippen LogP contribution < -0.4 is 15.5 Å². The Balaban J connectivity index is 1.43. The summed E-state index contributed by atoms with van der Waals surface area (Å²) in [5.74, 6) is 1.11. The van der Waals surface area contributed by atoms with Gasteiger partial charge in [-0.2, -0.15) is 5.26 Å². The molecule has 3 aromatic rings. The van der Waals surface area contributed by atoms with Gasteiger partial charge in [0.2, 0.25) is 12.1 Å². The van der Waals surface area contributed by atoms with Crippen LogP contribution >= 0.6 is 0 Å². The maximum absolute atomic E-state index is 12.0. The van der Waals surface area contributed by atoms with E-state index in [0.29, 0.717) is 35.5 Å². The van der Waals surface area contributed by atoms with Crippen molar-refractivity contribution in [2.24, 2.45) is 5.10 Å². The molecule has 2 aliphatic rings. The molecule has 1 amide bonds. The summed E-state index contributed by atoms with van der Waals surface area (Å²) in [6, 6.07) is 16.0. The zero-order valence-corrected chi connectivity index (χ0v) is 21.7. The van der Waals surface area contributed by atoms with E-state index >= 15 is 0 Å². The Morgan fingerprint density at radius 1 is 1.26 bits per heavy atom. The molecule has 2 aromatic carbocycles. The van der Waals surface area contributed by atoms with E-state index in [1.54, 1.807) is 21.0 Å². The molecule has 38 heavy (non-hydrogen) atoms. The fourth-order valence-corrected chi connectivity index (χ4v) is 4.67. The van der Waals surface area contributed by atoms with Crippen LogP contribution in [-0.4, -0.2) is 49.2 Å². The summed E-state index contributed by atoms with van der Waals surface area (Å²) >= 11 is 0. The molecule has 1 saturated carbocycles. The maximum Gasteiger partial charge on any atom is 0.411 e. The second-order valence-corrected chi connectivity index (χ2v) is 9.61. The van der Waals surface area contributed by atoms with Crippen molar-refractivity contribution >= 4 is 28.6 Å². The van der Waals surface area contributed by atoms with Crippen LogP contribution in [0.25, 0.3) is 22.2 Å². The number of ether oxygens (including phenoxy) is 4. The molecule has 1 aliphatic heterocycles. The zero-order chi connectivity index (χ0) is 26.6. The van der Waals surface area contributed by atoms with Crippen molar-refractivity contribution in [1.29, 1.82) is 5.26 Å². The zero-order valence-electron chi connectivity index (χ0n) is 21.7. The van der Waals surface area contributed by atoms with E-state index in [2.05, 4.69) is 26.5 Å². The first-order valence-corrected chi connectivity index (χ1v) is 12.7. The van der Waals surface area contributed by atoms with Gasteiger partial charge in [0.05, 0.1) is 22.9 Å². The van der Waals surface area contributed by atoms with E-state index in [0.717, 1.165) is 41.4 Å². The standard InChI is InChI=1S/C28H31N5O5/c1-17(2)37-28(34)30-19-9-7-18(8-10-19)27-23(14-29)22-12-11-21(13-24(22)33(27)20-5-4-6-20)36-16-26-32-31-25(38-26)15-35-3/h7-13,17,20,25,31H,4-6,15-16H2,1-3H3,(H,30,34). The van der Waals surface area contributed by atoms with Crippen molar-refractivity contribution in [3.8, 4) is 23.1 Å². The summed E-state index contributed by atoms with van der Waals surface area (Å²) < 4.78 is 24.2. The molecule has 1 aromatic heterocycles. The van der Waals surface area contributed by atoms with Crippen LogP contribution in [0, 0.1) is 11.3 Å². The molecule has 10 heteroatoms. The molecule has 1 atom stereocenters. The highest BCUT2D eigenvalue weighted by Crippen LogP contribution is 2.43. The van der Waals surface area contributed by atoms with E-state index in [9.17, 15) is 10.1 Å². The SMILES string of the molecule is COCC1NN=C(COc2ccc3c(C#N)c(-c4ccc(NC(=O)OC(C)C)cc4)n(C4CCC4)c3c2)O1. The van der Waals surface area contributed by atoms with Crippen LogP contribution in [0.2, 0.25) is 0 Å². The molecule has 0 spiro atoms. The Bertz CT molecular complexity index is 1390. The number of benzene rings is 2. The number of carbonyl (C=O) groups is 1. The molecule has 0 saturated heterocycles. The number of methoxy groups -OCH3 is 1. The predicted octanol–water partition coefficient (Wildman–Crippen LogP) is 5.15. The molecule has 1 unspecified atom stereocenters. The average molecular weight is 518 g/mol. The third kappa shape index (κ3) is 5.24. The Labute approximate surface area is 221 Å². The minimum Gasteiger partial charge on any atom is -0.484 e. The summed E-state index contributed by atoms with van der Waals surface area (Å²) in [6.07, 6.45) is 2.22. The van der Waals surface area contributed by atoms with Crippen LogP contribution in [0.5, 0.6) is 5.75 Å². The highest BCUT2D eigenvalue weighted by Gasteiger charge is 2.28. The quantitative estimate of drug-likeness (QED) is 0.403. The van der Waals surface area contributed by atoms with Gasteiger partial charge in [-0.15, -0.1) is 5.10 Å². The second-order valence-electron chi connectivity index (χ2n) is 9.61. The number of nitrogens with zero attached hydrogens (tertiary/aromatic N) is 3. The number of fused-ring (bicyclic) bond motifs is 1. The second kappa shape index (κ2) is 11.0. The summed E-state index contributed by atoms with van der Waals surface area (Å²) in [6.45, 7) is 4.16. The van der Waals surface area contributed by atoms with Crippen LogP contribution in [0.3, 0.4) is 0 Å². The summed E-state index contributed by atoms with van der Waals surface area (Å²) in [4.78, 5) is 12.0. The molecular weight excluding hydrogens is 486 g/mol. The molecule has 0 radical (unpaired) electrons. The Morgan fingerprint density at radius 2 is 2.05 bits per heavy atom. The monoisotopic (exact) mass is 517 g/mol. The van der Waals surface area contributed by atoms with Gasteiger partial charge in [0.25, 0.3) is 0 Å². The van der Waals surface area contributed by atoms with Gasteiger partial charge in [0.1, 0.15) is 18.4 Å². The van der Waals surface area contributed by atoms with Crippen molar-refractivity contribution < 1.29 is 23.7 Å². The Morgan fingerprint density at radius 3 is 2.71 bits per heavy atom. The van der Waals surface area contributed by atoms with Gasteiger partial charge in [0, 0.05) is 30.3 Å². The van der Waals surface area contributed by atoms with Gasteiger partial charge in [-0.25, -0.2) is 4.79 Å². The van der Waals surface area contributed by atoms with Crippen LogP contribution in [-0.2, 0) is 14.2 Å². The number of aromatic nitrogens is 1. The first kappa shape index (κ1) is 25.4. The molecule has 0 bridgehead atoms. The Kier molecular flexibility index (Phi) is 7.38. The third-order valence-electron chi connectivity index (χ3n) is 6.57. The summed E-state index contributed by atoms with van der Waals surface area (Å²) in [5, 5.41) is 18.0. The van der Waals surface area contributed by atoms with Gasteiger partial charge in [-0.3, -0.25) is 10.7 Å². The topological polar surface area (TPSA) is 119 Å². The van der Waals surface area contributed by atoms with Crippen LogP contribution in [0.1, 0.15) is 44.7 Å². The van der Waals surface area contributed by atoms with Gasteiger partial charge in [0.15, 0.2) is 6.61 Å². The van der Waals surface area contributed by atoms with Crippen molar-refractivity contribution in [1.82, 2.24) is 9.99 Å². The molecule has 198 valence electrons.